The quantitative estimate of drug-likeness (QED) is 0.848. The van der Waals surface area contributed by atoms with Crippen LogP contribution >= 0.6 is 0 Å². The summed E-state index contributed by atoms with van der Waals surface area (Å²) in [6.07, 6.45) is 1.21. The van der Waals surface area contributed by atoms with E-state index in [1.807, 2.05) is 19.1 Å². The number of hydrogen-bond acceptors (Lipinski definition) is 5. The summed E-state index contributed by atoms with van der Waals surface area (Å²) in [5.74, 6) is -0.312. The van der Waals surface area contributed by atoms with Crippen molar-refractivity contribution in [2.75, 3.05) is 12.0 Å². The number of sulfone groups is 1. The van der Waals surface area contributed by atoms with Crippen LogP contribution in [0.1, 0.15) is 22.5 Å². The minimum absolute atomic E-state index is 0.0910. The maximum Gasteiger partial charge on any atom is 0.214 e. The van der Waals surface area contributed by atoms with E-state index in [-0.39, 0.29) is 23.7 Å². The summed E-state index contributed by atoms with van der Waals surface area (Å²) in [5, 5.41) is 0.837. The first-order valence-electron chi connectivity index (χ1n) is 6.24. The molecule has 5 nitrogen and oxygen atoms in total. The monoisotopic (exact) mass is 295 g/mol. The van der Waals surface area contributed by atoms with E-state index in [0.29, 0.717) is 5.58 Å². The molecule has 1 aromatic heterocycles. The molecule has 0 radical (unpaired) electrons. The number of ketones is 1. The van der Waals surface area contributed by atoms with Gasteiger partial charge in [-0.2, -0.15) is 0 Å². The largest absolute Gasteiger partial charge is 0.453 e. The number of nitrogens with two attached hydrogens (primary N) is 1. The first kappa shape index (κ1) is 14.7. The van der Waals surface area contributed by atoms with Crippen molar-refractivity contribution < 1.29 is 17.6 Å². The van der Waals surface area contributed by atoms with Gasteiger partial charge < -0.3 is 10.2 Å². The molecule has 0 spiro atoms. The molecule has 1 unspecified atom stereocenters. The first-order valence-corrected chi connectivity index (χ1v) is 8.30. The Hall–Kier alpha value is -1.66. The van der Waals surface area contributed by atoms with E-state index in [1.165, 1.54) is 0 Å². The number of aryl methyl sites for hydroxylation is 1. The van der Waals surface area contributed by atoms with E-state index < -0.39 is 15.9 Å². The van der Waals surface area contributed by atoms with Crippen LogP contribution < -0.4 is 5.73 Å². The molecule has 0 bridgehead atoms. The van der Waals surface area contributed by atoms with Crippen molar-refractivity contribution >= 4 is 26.6 Å². The molecule has 0 aliphatic heterocycles. The van der Waals surface area contributed by atoms with Gasteiger partial charge in [-0.05, 0) is 31.5 Å². The molecule has 2 N–H and O–H groups in total. The number of carbonyl (C=O) groups is 1. The van der Waals surface area contributed by atoms with Gasteiger partial charge in [-0.25, -0.2) is 8.42 Å². The van der Waals surface area contributed by atoms with Gasteiger partial charge in [0.15, 0.2) is 5.76 Å². The Balaban J connectivity index is 2.18. The summed E-state index contributed by atoms with van der Waals surface area (Å²) in [6.45, 7) is 1.95. The van der Waals surface area contributed by atoms with Crippen LogP contribution in [0.3, 0.4) is 0 Å². The van der Waals surface area contributed by atoms with Gasteiger partial charge in [-0.3, -0.25) is 4.79 Å². The number of benzene rings is 1. The molecule has 2 rings (SSSR count). The Kier molecular flexibility index (Phi) is 3.96. The first-order chi connectivity index (χ1) is 9.26. The van der Waals surface area contributed by atoms with E-state index in [9.17, 15) is 13.2 Å². The second-order valence-electron chi connectivity index (χ2n) is 5.04. The van der Waals surface area contributed by atoms with E-state index in [4.69, 9.17) is 10.2 Å². The number of furan rings is 1. The molecule has 6 heteroatoms. The van der Waals surface area contributed by atoms with Crippen LogP contribution in [0, 0.1) is 6.92 Å². The van der Waals surface area contributed by atoms with Crippen molar-refractivity contribution in [2.45, 2.75) is 19.4 Å². The number of fused-ring (bicyclic) bond motifs is 1. The average molecular weight is 295 g/mol. The van der Waals surface area contributed by atoms with Gasteiger partial charge >= 0.3 is 0 Å². The van der Waals surface area contributed by atoms with Crippen LogP contribution in [-0.2, 0) is 9.84 Å². The predicted octanol–water partition coefficient (Wildman–Crippen LogP) is 1.69. The summed E-state index contributed by atoms with van der Waals surface area (Å²) in [4.78, 5) is 12.1. The predicted molar refractivity (Wildman–Crippen MR) is 77.6 cm³/mol. The third-order valence-corrected chi connectivity index (χ3v) is 4.03. The number of rotatable bonds is 5. The van der Waals surface area contributed by atoms with Crippen molar-refractivity contribution in [1.82, 2.24) is 0 Å². The van der Waals surface area contributed by atoms with Crippen LogP contribution in [0.2, 0.25) is 0 Å². The highest BCUT2D eigenvalue weighted by Gasteiger charge is 2.21. The molecule has 0 saturated carbocycles. The van der Waals surface area contributed by atoms with Gasteiger partial charge in [0.05, 0.1) is 11.8 Å². The van der Waals surface area contributed by atoms with Crippen LogP contribution in [0.15, 0.2) is 28.7 Å². The smallest absolute Gasteiger partial charge is 0.214 e. The molecule has 1 aromatic carbocycles. The third kappa shape index (κ3) is 3.46. The summed E-state index contributed by atoms with van der Waals surface area (Å²) in [6, 6.07) is 6.38. The number of hydrogen-bond donors (Lipinski definition) is 1. The topological polar surface area (TPSA) is 90.4 Å². The van der Waals surface area contributed by atoms with Gasteiger partial charge in [0.25, 0.3) is 0 Å². The Morgan fingerprint density at radius 1 is 1.35 bits per heavy atom. The van der Waals surface area contributed by atoms with Gasteiger partial charge in [0.1, 0.15) is 15.4 Å². The van der Waals surface area contributed by atoms with Gasteiger partial charge in [-0.15, -0.1) is 0 Å². The molecule has 0 saturated heterocycles. The zero-order chi connectivity index (χ0) is 14.9. The second kappa shape index (κ2) is 5.38. The van der Waals surface area contributed by atoms with Crippen molar-refractivity contribution in [3.8, 4) is 0 Å². The minimum atomic E-state index is -3.13. The molecule has 0 aliphatic carbocycles. The van der Waals surface area contributed by atoms with Crippen molar-refractivity contribution in [2.24, 2.45) is 5.73 Å². The van der Waals surface area contributed by atoms with Crippen LogP contribution in [0.25, 0.3) is 11.0 Å². The molecule has 0 aliphatic rings. The summed E-state index contributed by atoms with van der Waals surface area (Å²) < 4.78 is 27.6. The molecular formula is C14H17NO4S. The maximum atomic E-state index is 12.1. The Morgan fingerprint density at radius 2 is 2.05 bits per heavy atom. The average Bonchev–Trinajstić information content (AvgIpc) is 2.76. The zero-order valence-corrected chi connectivity index (χ0v) is 12.2. The highest BCUT2D eigenvalue weighted by molar-refractivity contribution is 7.90. The Bertz CT molecular complexity index is 746. The van der Waals surface area contributed by atoms with E-state index in [0.717, 1.165) is 17.2 Å². The number of carbonyl (C=O) groups excluding carboxylic acids is 1. The van der Waals surface area contributed by atoms with Crippen molar-refractivity contribution in [3.63, 3.8) is 0 Å². The lowest BCUT2D eigenvalue weighted by Crippen LogP contribution is -2.32. The lowest BCUT2D eigenvalue weighted by Gasteiger charge is -2.07. The fourth-order valence-electron chi connectivity index (χ4n) is 1.94. The summed E-state index contributed by atoms with van der Waals surface area (Å²) in [5.41, 5.74) is 7.42. The van der Waals surface area contributed by atoms with Crippen LogP contribution in [0.5, 0.6) is 0 Å². The fourth-order valence-corrected chi connectivity index (χ4v) is 2.62. The lowest BCUT2D eigenvalue weighted by molar-refractivity contribution is 0.0934. The zero-order valence-electron chi connectivity index (χ0n) is 11.4. The molecule has 0 amide bonds. The molecule has 0 fully saturated rings. The second-order valence-corrected chi connectivity index (χ2v) is 7.30. The molecule has 20 heavy (non-hydrogen) atoms. The van der Waals surface area contributed by atoms with Gasteiger partial charge in [0, 0.05) is 11.6 Å². The molecule has 2 aromatic rings. The maximum absolute atomic E-state index is 12.1. The lowest BCUT2D eigenvalue weighted by atomic mass is 10.1. The van der Waals surface area contributed by atoms with Crippen LogP contribution in [0.4, 0.5) is 0 Å². The Morgan fingerprint density at radius 3 is 2.70 bits per heavy atom. The summed E-state index contributed by atoms with van der Waals surface area (Å²) in [7, 11) is -3.13. The standard InChI is InChI=1S/C14H17NO4S/c1-9-3-4-12-10(7-9)8-13(19-12)14(16)11(15)5-6-20(2,17)18/h3-4,7-8,11H,5-6,15H2,1-2H3. The Labute approximate surface area is 117 Å². The van der Waals surface area contributed by atoms with Gasteiger partial charge in [0.2, 0.25) is 5.78 Å². The summed E-state index contributed by atoms with van der Waals surface area (Å²) >= 11 is 0. The molecule has 1 heterocycles. The normalized spacial score (nSPS) is 13.6. The minimum Gasteiger partial charge on any atom is -0.453 e. The van der Waals surface area contributed by atoms with E-state index in [2.05, 4.69) is 0 Å². The highest BCUT2D eigenvalue weighted by Crippen LogP contribution is 2.21. The van der Waals surface area contributed by atoms with Crippen molar-refractivity contribution in [3.05, 3.63) is 35.6 Å². The van der Waals surface area contributed by atoms with E-state index >= 15 is 0 Å². The third-order valence-electron chi connectivity index (χ3n) is 3.05. The van der Waals surface area contributed by atoms with Crippen molar-refractivity contribution in [1.29, 1.82) is 0 Å². The SMILES string of the molecule is Cc1ccc2oc(C(=O)C(N)CCS(C)(=O)=O)cc2c1. The van der Waals surface area contributed by atoms with Crippen LogP contribution in [-0.4, -0.2) is 32.3 Å². The molecule has 108 valence electrons. The van der Waals surface area contributed by atoms with Gasteiger partial charge in [-0.1, -0.05) is 11.6 Å². The highest BCUT2D eigenvalue weighted by atomic mass is 32.2. The molecular weight excluding hydrogens is 278 g/mol. The molecule has 1 atom stereocenters. The number of Topliss-reactive ketones (excluding diaryl/α,β-unsaturated/α-hetero) is 1. The fraction of sp³-hybridized carbons (Fsp3) is 0.357. The van der Waals surface area contributed by atoms with E-state index in [1.54, 1.807) is 12.1 Å².